The first-order valence-corrected chi connectivity index (χ1v) is 11.9. The Morgan fingerprint density at radius 3 is 2.30 bits per heavy atom. The van der Waals surface area contributed by atoms with E-state index in [2.05, 4.69) is 11.8 Å². The molecule has 0 spiro atoms. The Morgan fingerprint density at radius 1 is 1.03 bits per heavy atom. The van der Waals surface area contributed by atoms with Crippen LogP contribution in [-0.2, 0) is 0 Å². The number of hydrogen-bond donors (Lipinski definition) is 0. The molecular weight excluding hydrogens is 402 g/mol. The molecule has 2 unspecified atom stereocenters. The van der Waals surface area contributed by atoms with Gasteiger partial charge in [0.2, 0.25) is 0 Å². The first kappa shape index (κ1) is 21.3. The first-order chi connectivity index (χ1) is 14.5. The minimum atomic E-state index is -0.788. The zero-order valence-electron chi connectivity index (χ0n) is 17.5. The van der Waals surface area contributed by atoms with Gasteiger partial charge in [0, 0.05) is 30.1 Å². The zero-order chi connectivity index (χ0) is 21.3. The Morgan fingerprint density at radius 2 is 1.70 bits per heavy atom. The lowest BCUT2D eigenvalue weighted by atomic mass is 10.0. The normalized spacial score (nSPS) is 22.1. The fraction of sp³-hybridized carbons (Fsp3) is 0.458. The number of carbonyl (C=O) groups is 1. The average molecular weight is 431 g/mol. The highest BCUT2D eigenvalue weighted by Gasteiger charge is 2.35. The lowest BCUT2D eigenvalue weighted by Crippen LogP contribution is -2.44. The van der Waals surface area contributed by atoms with Gasteiger partial charge in [-0.15, -0.1) is 11.8 Å². The summed E-state index contributed by atoms with van der Waals surface area (Å²) in [6, 6.07) is 10.6. The van der Waals surface area contributed by atoms with Gasteiger partial charge in [-0.1, -0.05) is 12.1 Å². The number of amides is 1. The van der Waals surface area contributed by atoms with Crippen molar-refractivity contribution in [2.45, 2.75) is 49.6 Å². The van der Waals surface area contributed by atoms with E-state index in [9.17, 15) is 13.6 Å². The van der Waals surface area contributed by atoms with Gasteiger partial charge in [-0.3, -0.25) is 9.69 Å². The first-order valence-electron chi connectivity index (χ1n) is 10.7. The summed E-state index contributed by atoms with van der Waals surface area (Å²) in [4.78, 5) is 18.3. The summed E-state index contributed by atoms with van der Waals surface area (Å²) in [5.41, 5.74) is 0.741. The summed E-state index contributed by atoms with van der Waals surface area (Å²) in [7, 11) is 0. The van der Waals surface area contributed by atoms with Gasteiger partial charge in [-0.25, -0.2) is 8.78 Å². The lowest BCUT2D eigenvalue weighted by Gasteiger charge is -2.31. The van der Waals surface area contributed by atoms with Crippen LogP contribution in [0.2, 0.25) is 0 Å². The van der Waals surface area contributed by atoms with Crippen LogP contribution >= 0.6 is 11.8 Å². The van der Waals surface area contributed by atoms with Gasteiger partial charge in [0.05, 0.1) is 0 Å². The van der Waals surface area contributed by atoms with E-state index in [1.54, 1.807) is 16.7 Å². The lowest BCUT2D eigenvalue weighted by molar-refractivity contribution is 0.0687. The molecule has 0 aliphatic carbocycles. The molecule has 3 nitrogen and oxygen atoms in total. The molecule has 6 heteroatoms. The third-order valence-electron chi connectivity index (χ3n) is 6.45. The summed E-state index contributed by atoms with van der Waals surface area (Å²) in [5, 5.41) is 0. The number of carbonyl (C=O) groups excluding carboxylic acids is 1. The molecule has 2 aromatic rings. The second kappa shape index (κ2) is 9.06. The van der Waals surface area contributed by atoms with Gasteiger partial charge >= 0.3 is 0 Å². The van der Waals surface area contributed by atoms with Gasteiger partial charge in [0.1, 0.15) is 17.2 Å². The molecule has 2 aromatic carbocycles. The van der Waals surface area contributed by atoms with Gasteiger partial charge in [-0.2, -0.15) is 0 Å². The molecule has 0 N–H and O–H groups in total. The van der Waals surface area contributed by atoms with Crippen LogP contribution in [0.5, 0.6) is 0 Å². The molecule has 0 radical (unpaired) electrons. The summed E-state index contributed by atoms with van der Waals surface area (Å²) in [5.74, 6) is -2.10. The number of nitrogens with zero attached hydrogens (tertiary/aromatic N) is 2. The number of thioether (sulfide) groups is 1. The molecule has 2 atom stereocenters. The Kier molecular flexibility index (Phi) is 6.44. The Labute approximate surface area is 181 Å². The van der Waals surface area contributed by atoms with Crippen molar-refractivity contribution in [1.29, 1.82) is 0 Å². The van der Waals surface area contributed by atoms with Crippen molar-refractivity contribution < 1.29 is 13.6 Å². The van der Waals surface area contributed by atoms with Crippen molar-refractivity contribution in [3.05, 3.63) is 53.6 Å². The van der Waals surface area contributed by atoms with Crippen LogP contribution in [0, 0.1) is 11.6 Å². The smallest absolute Gasteiger partial charge is 0.260 e. The minimum absolute atomic E-state index is 0.0237. The second-order valence-corrected chi connectivity index (χ2v) is 9.20. The summed E-state index contributed by atoms with van der Waals surface area (Å²) in [6.45, 7) is 4.59. The molecule has 1 amide bonds. The molecule has 2 aliphatic heterocycles. The molecule has 160 valence electrons. The van der Waals surface area contributed by atoms with Crippen LogP contribution in [0.25, 0.3) is 11.1 Å². The quantitative estimate of drug-likeness (QED) is 0.590. The minimum Gasteiger partial charge on any atom is -0.334 e. The Hall–Kier alpha value is -1.92. The Bertz CT molecular complexity index is 895. The third-order valence-corrected chi connectivity index (χ3v) is 7.20. The molecule has 4 rings (SSSR count). The van der Waals surface area contributed by atoms with E-state index in [-0.39, 0.29) is 6.04 Å². The third kappa shape index (κ3) is 4.26. The highest BCUT2D eigenvalue weighted by Crippen LogP contribution is 2.30. The maximum absolute atomic E-state index is 14.9. The van der Waals surface area contributed by atoms with Gasteiger partial charge in [-0.05, 0) is 80.8 Å². The number of rotatable bonds is 5. The van der Waals surface area contributed by atoms with E-state index in [4.69, 9.17) is 0 Å². The van der Waals surface area contributed by atoms with E-state index in [1.807, 2.05) is 30.5 Å². The molecule has 2 heterocycles. The van der Waals surface area contributed by atoms with E-state index >= 15 is 0 Å². The summed E-state index contributed by atoms with van der Waals surface area (Å²) < 4.78 is 29.9. The van der Waals surface area contributed by atoms with Gasteiger partial charge < -0.3 is 4.90 Å². The largest absolute Gasteiger partial charge is 0.334 e. The maximum atomic E-state index is 14.9. The predicted molar refractivity (Wildman–Crippen MR) is 118 cm³/mol. The van der Waals surface area contributed by atoms with E-state index in [0.29, 0.717) is 18.2 Å². The number of likely N-dealkylation sites (tertiary alicyclic amines) is 2. The fourth-order valence-corrected chi connectivity index (χ4v) is 5.11. The molecule has 0 bridgehead atoms. The molecule has 2 aliphatic rings. The monoisotopic (exact) mass is 430 g/mol. The van der Waals surface area contributed by atoms with Gasteiger partial charge in [0.15, 0.2) is 0 Å². The Balaban J connectivity index is 1.55. The SMILES string of the molecule is CSc1ccc(-c2cc(F)c(C(=O)N3CCCC3CN3CCCC3C)c(F)c2)cc1. The summed E-state index contributed by atoms with van der Waals surface area (Å²) in [6.07, 6.45) is 6.08. The van der Waals surface area contributed by atoms with Crippen molar-refractivity contribution in [3.63, 3.8) is 0 Å². The molecule has 2 fully saturated rings. The van der Waals surface area contributed by atoms with Crippen LogP contribution in [0.4, 0.5) is 8.78 Å². The molecular formula is C24H28F2N2OS. The molecule has 0 saturated carbocycles. The number of halogens is 2. The van der Waals surface area contributed by atoms with Crippen LogP contribution < -0.4 is 0 Å². The van der Waals surface area contributed by atoms with Crippen molar-refractivity contribution in [2.24, 2.45) is 0 Å². The highest BCUT2D eigenvalue weighted by molar-refractivity contribution is 7.98. The van der Waals surface area contributed by atoms with Crippen molar-refractivity contribution in [3.8, 4) is 11.1 Å². The van der Waals surface area contributed by atoms with E-state index in [0.717, 1.165) is 36.4 Å². The molecule has 0 aromatic heterocycles. The molecule has 30 heavy (non-hydrogen) atoms. The van der Waals surface area contributed by atoms with E-state index in [1.165, 1.54) is 25.0 Å². The predicted octanol–water partition coefficient (Wildman–Crippen LogP) is 5.44. The topological polar surface area (TPSA) is 23.6 Å². The van der Waals surface area contributed by atoms with Crippen LogP contribution in [0.1, 0.15) is 43.0 Å². The standard InChI is InChI=1S/C24H28F2N2OS/c1-16-5-3-11-27(16)15-19-6-4-12-28(19)24(29)23-21(25)13-18(14-22(23)26)17-7-9-20(30-2)10-8-17/h7-10,13-14,16,19H,3-6,11-12,15H2,1-2H3. The number of hydrogen-bond acceptors (Lipinski definition) is 3. The zero-order valence-corrected chi connectivity index (χ0v) is 18.4. The average Bonchev–Trinajstić information content (AvgIpc) is 3.37. The summed E-state index contributed by atoms with van der Waals surface area (Å²) >= 11 is 1.61. The van der Waals surface area contributed by atoms with Gasteiger partial charge in [0.25, 0.3) is 5.91 Å². The van der Waals surface area contributed by atoms with Crippen molar-refractivity contribution in [2.75, 3.05) is 25.9 Å². The van der Waals surface area contributed by atoms with Crippen molar-refractivity contribution in [1.82, 2.24) is 9.80 Å². The highest BCUT2D eigenvalue weighted by atomic mass is 32.2. The number of benzene rings is 2. The van der Waals surface area contributed by atoms with Crippen molar-refractivity contribution >= 4 is 17.7 Å². The second-order valence-electron chi connectivity index (χ2n) is 8.32. The maximum Gasteiger partial charge on any atom is 0.260 e. The van der Waals surface area contributed by atoms with Crippen LogP contribution in [0.15, 0.2) is 41.3 Å². The van der Waals surface area contributed by atoms with E-state index < -0.39 is 23.1 Å². The molecule has 2 saturated heterocycles. The van der Waals surface area contributed by atoms with Crippen LogP contribution in [0.3, 0.4) is 0 Å². The van der Waals surface area contributed by atoms with Crippen LogP contribution in [-0.4, -0.2) is 53.7 Å². The fourth-order valence-electron chi connectivity index (χ4n) is 4.70.